The van der Waals surface area contributed by atoms with E-state index in [0.29, 0.717) is 0 Å². The van der Waals surface area contributed by atoms with Crippen molar-refractivity contribution < 1.29 is 9.32 Å². The molecule has 1 N–H and O–H groups in total. The van der Waals surface area contributed by atoms with Crippen molar-refractivity contribution >= 4 is 11.7 Å². The maximum absolute atomic E-state index is 12.7. The molecular formula is C18H23N3O2. The Labute approximate surface area is 136 Å². The van der Waals surface area contributed by atoms with Gasteiger partial charge in [-0.05, 0) is 56.4 Å². The molecule has 23 heavy (non-hydrogen) atoms. The lowest BCUT2D eigenvalue weighted by molar-refractivity contribution is 0.195. The number of aromatic nitrogens is 1. The smallest absolute Gasteiger partial charge is 0.322 e. The Balaban J connectivity index is 1.75. The van der Waals surface area contributed by atoms with Gasteiger partial charge in [-0.25, -0.2) is 4.79 Å². The SMILES string of the molecule is CCc1cc([C@@H]2CCCN2C(=O)Nc2cc(C)cc(C)c2)on1. The Hall–Kier alpha value is -2.30. The van der Waals surface area contributed by atoms with Crippen molar-refractivity contribution in [2.24, 2.45) is 0 Å². The average Bonchev–Trinajstić information content (AvgIpc) is 3.14. The standard InChI is InChI=1S/C18H23N3O2/c1-4-14-11-17(23-20-14)16-6-5-7-21(16)18(22)19-15-9-12(2)8-13(3)10-15/h8-11,16H,4-7H2,1-3H3,(H,19,22)/t16-/m0/s1. The van der Waals surface area contributed by atoms with Crippen LogP contribution in [-0.4, -0.2) is 22.6 Å². The molecule has 5 heteroatoms. The molecule has 1 aromatic carbocycles. The quantitative estimate of drug-likeness (QED) is 0.923. The van der Waals surface area contributed by atoms with Crippen molar-refractivity contribution in [1.82, 2.24) is 10.1 Å². The van der Waals surface area contributed by atoms with E-state index in [4.69, 9.17) is 4.52 Å². The molecule has 1 aliphatic heterocycles. The fourth-order valence-electron chi connectivity index (χ4n) is 3.20. The van der Waals surface area contributed by atoms with Crippen molar-refractivity contribution in [3.63, 3.8) is 0 Å². The number of rotatable bonds is 3. The molecule has 2 aromatic rings. The minimum absolute atomic E-state index is 0.0197. The van der Waals surface area contributed by atoms with Crippen LogP contribution in [-0.2, 0) is 6.42 Å². The topological polar surface area (TPSA) is 58.4 Å². The highest BCUT2D eigenvalue weighted by atomic mass is 16.5. The van der Waals surface area contributed by atoms with Gasteiger partial charge in [0.05, 0.1) is 11.7 Å². The molecule has 0 radical (unpaired) electrons. The van der Waals surface area contributed by atoms with E-state index in [0.717, 1.165) is 54.1 Å². The van der Waals surface area contributed by atoms with Crippen LogP contribution >= 0.6 is 0 Å². The average molecular weight is 313 g/mol. The first-order valence-corrected chi connectivity index (χ1v) is 8.18. The van der Waals surface area contributed by atoms with E-state index in [-0.39, 0.29) is 12.1 Å². The number of anilines is 1. The highest BCUT2D eigenvalue weighted by Gasteiger charge is 2.32. The summed E-state index contributed by atoms with van der Waals surface area (Å²) in [4.78, 5) is 14.5. The number of carbonyl (C=O) groups is 1. The fraction of sp³-hybridized carbons (Fsp3) is 0.444. The van der Waals surface area contributed by atoms with Crippen molar-refractivity contribution in [3.05, 3.63) is 46.8 Å². The predicted octanol–water partition coefficient (Wildman–Crippen LogP) is 4.22. The van der Waals surface area contributed by atoms with E-state index < -0.39 is 0 Å². The summed E-state index contributed by atoms with van der Waals surface area (Å²) in [7, 11) is 0. The Morgan fingerprint density at radius 1 is 1.30 bits per heavy atom. The van der Waals surface area contributed by atoms with E-state index in [9.17, 15) is 4.79 Å². The Morgan fingerprint density at radius 2 is 2.04 bits per heavy atom. The van der Waals surface area contributed by atoms with Crippen LogP contribution in [0.2, 0.25) is 0 Å². The first-order chi connectivity index (χ1) is 11.1. The lowest BCUT2D eigenvalue weighted by atomic mass is 10.1. The molecule has 2 amide bonds. The van der Waals surface area contributed by atoms with Crippen LogP contribution in [0.4, 0.5) is 10.5 Å². The number of amides is 2. The van der Waals surface area contributed by atoms with Crippen LogP contribution in [0.5, 0.6) is 0 Å². The van der Waals surface area contributed by atoms with E-state index in [1.807, 2.05) is 43.9 Å². The molecule has 0 unspecified atom stereocenters. The first-order valence-electron chi connectivity index (χ1n) is 8.18. The summed E-state index contributed by atoms with van der Waals surface area (Å²) in [6.07, 6.45) is 2.73. The van der Waals surface area contributed by atoms with Crippen LogP contribution in [0, 0.1) is 13.8 Å². The maximum atomic E-state index is 12.7. The number of benzene rings is 1. The Kier molecular flexibility index (Phi) is 4.37. The van der Waals surface area contributed by atoms with Crippen LogP contribution < -0.4 is 5.32 Å². The van der Waals surface area contributed by atoms with Gasteiger partial charge < -0.3 is 14.7 Å². The molecule has 0 spiro atoms. The van der Waals surface area contributed by atoms with Crippen LogP contribution in [0.1, 0.15) is 48.4 Å². The highest BCUT2D eigenvalue weighted by Crippen LogP contribution is 2.33. The minimum atomic E-state index is -0.0769. The highest BCUT2D eigenvalue weighted by molar-refractivity contribution is 5.90. The zero-order valence-electron chi connectivity index (χ0n) is 13.9. The first kappa shape index (κ1) is 15.6. The zero-order valence-corrected chi connectivity index (χ0v) is 13.9. The van der Waals surface area contributed by atoms with Gasteiger partial charge in [-0.15, -0.1) is 0 Å². The zero-order chi connectivity index (χ0) is 16.4. The lowest BCUT2D eigenvalue weighted by Gasteiger charge is -2.23. The van der Waals surface area contributed by atoms with Gasteiger partial charge >= 0.3 is 6.03 Å². The normalized spacial score (nSPS) is 17.5. The molecule has 0 aliphatic carbocycles. The number of hydrogen-bond acceptors (Lipinski definition) is 3. The van der Waals surface area contributed by atoms with Crippen molar-refractivity contribution in [2.75, 3.05) is 11.9 Å². The number of nitrogens with zero attached hydrogens (tertiary/aromatic N) is 2. The molecule has 1 aliphatic rings. The molecular weight excluding hydrogens is 290 g/mol. The minimum Gasteiger partial charge on any atom is -0.359 e. The molecule has 3 rings (SSSR count). The van der Waals surface area contributed by atoms with Gasteiger partial charge in [-0.1, -0.05) is 18.1 Å². The second-order valence-electron chi connectivity index (χ2n) is 6.23. The largest absolute Gasteiger partial charge is 0.359 e. The van der Waals surface area contributed by atoms with Crippen molar-refractivity contribution in [1.29, 1.82) is 0 Å². The van der Waals surface area contributed by atoms with Crippen LogP contribution in [0.3, 0.4) is 0 Å². The number of carbonyl (C=O) groups excluding carboxylic acids is 1. The number of nitrogens with one attached hydrogen (secondary N) is 1. The monoisotopic (exact) mass is 313 g/mol. The molecule has 1 saturated heterocycles. The number of likely N-dealkylation sites (tertiary alicyclic amines) is 1. The van der Waals surface area contributed by atoms with Gasteiger partial charge in [0, 0.05) is 18.3 Å². The molecule has 1 fully saturated rings. The van der Waals surface area contributed by atoms with Crippen LogP contribution in [0.15, 0.2) is 28.8 Å². The van der Waals surface area contributed by atoms with Gasteiger partial charge in [-0.2, -0.15) is 0 Å². The van der Waals surface area contributed by atoms with E-state index in [1.54, 1.807) is 0 Å². The van der Waals surface area contributed by atoms with Gasteiger partial charge in [-0.3, -0.25) is 0 Å². The van der Waals surface area contributed by atoms with Gasteiger partial charge in [0.25, 0.3) is 0 Å². The number of urea groups is 1. The van der Waals surface area contributed by atoms with E-state index >= 15 is 0 Å². The summed E-state index contributed by atoms with van der Waals surface area (Å²) in [5.74, 6) is 0.787. The summed E-state index contributed by atoms with van der Waals surface area (Å²) in [5, 5.41) is 7.06. The summed E-state index contributed by atoms with van der Waals surface area (Å²) in [5.41, 5.74) is 4.05. The Morgan fingerprint density at radius 3 is 2.70 bits per heavy atom. The predicted molar refractivity (Wildman–Crippen MR) is 89.5 cm³/mol. The third-order valence-electron chi connectivity index (χ3n) is 4.25. The van der Waals surface area contributed by atoms with Gasteiger partial charge in [0.2, 0.25) is 0 Å². The van der Waals surface area contributed by atoms with Crippen molar-refractivity contribution in [2.45, 2.75) is 46.1 Å². The number of aryl methyl sites for hydroxylation is 3. The van der Waals surface area contributed by atoms with Gasteiger partial charge in [0.15, 0.2) is 5.76 Å². The molecule has 5 nitrogen and oxygen atoms in total. The summed E-state index contributed by atoms with van der Waals surface area (Å²) in [6, 6.07) is 7.93. The number of hydrogen-bond donors (Lipinski definition) is 1. The molecule has 0 bridgehead atoms. The third kappa shape index (κ3) is 3.38. The maximum Gasteiger partial charge on any atom is 0.322 e. The third-order valence-corrected chi connectivity index (χ3v) is 4.25. The summed E-state index contributed by atoms with van der Waals surface area (Å²) in [6.45, 7) is 6.84. The summed E-state index contributed by atoms with van der Waals surface area (Å²) >= 11 is 0. The second-order valence-corrected chi connectivity index (χ2v) is 6.23. The molecule has 1 atom stereocenters. The van der Waals surface area contributed by atoms with Gasteiger partial charge in [0.1, 0.15) is 0 Å². The van der Waals surface area contributed by atoms with E-state index in [1.165, 1.54) is 0 Å². The summed E-state index contributed by atoms with van der Waals surface area (Å²) < 4.78 is 5.44. The lowest BCUT2D eigenvalue weighted by Crippen LogP contribution is -2.34. The molecule has 122 valence electrons. The molecule has 2 heterocycles. The van der Waals surface area contributed by atoms with Crippen LogP contribution in [0.25, 0.3) is 0 Å². The van der Waals surface area contributed by atoms with E-state index in [2.05, 4.69) is 16.5 Å². The molecule has 1 aromatic heterocycles. The second kappa shape index (κ2) is 6.44. The molecule has 0 saturated carbocycles. The van der Waals surface area contributed by atoms with Crippen molar-refractivity contribution in [3.8, 4) is 0 Å². The fourth-order valence-corrected chi connectivity index (χ4v) is 3.20. The Bertz CT molecular complexity index is 688.